The van der Waals surface area contributed by atoms with Crippen molar-refractivity contribution in [2.24, 2.45) is 5.92 Å². The van der Waals surface area contributed by atoms with Crippen LogP contribution >= 0.6 is 11.6 Å². The number of halogens is 1. The summed E-state index contributed by atoms with van der Waals surface area (Å²) in [5, 5.41) is 16.5. The first kappa shape index (κ1) is 21.9. The molecule has 0 radical (unpaired) electrons. The molecule has 0 unspecified atom stereocenters. The molecule has 3 N–H and O–H groups in total. The standard InChI is InChI=1S/C26H27ClN4O2/c27-14-25(33)29-20-3-1-2-18(12-20)19-4-5-23-22(13-19)26-21(24(16-32)30-23)8-11-31(26)15-17-6-9-28-10-7-17/h1-7,9-10,12-13,21,24,26,30,32H,8,11,14-16H2,(H,29,33)/t21-,24-,26-/m1/s1. The number of fused-ring (bicyclic) bond motifs is 3. The number of aliphatic hydroxyl groups excluding tert-OH is 1. The zero-order chi connectivity index (χ0) is 22.8. The van der Waals surface area contributed by atoms with Crippen LogP contribution in [0.3, 0.4) is 0 Å². The molecule has 2 aliphatic heterocycles. The summed E-state index contributed by atoms with van der Waals surface area (Å²) in [6, 6.07) is 18.7. The predicted octanol–water partition coefficient (Wildman–Crippen LogP) is 4.28. The molecule has 3 aromatic rings. The molecule has 1 aromatic heterocycles. The van der Waals surface area contributed by atoms with Crippen molar-refractivity contribution in [2.45, 2.75) is 25.0 Å². The van der Waals surface area contributed by atoms with Crippen LogP contribution in [0.15, 0.2) is 67.0 Å². The average molecular weight is 463 g/mol. The van der Waals surface area contributed by atoms with Crippen molar-refractivity contribution in [1.82, 2.24) is 9.88 Å². The smallest absolute Gasteiger partial charge is 0.239 e. The van der Waals surface area contributed by atoms with Crippen LogP contribution in [0.4, 0.5) is 11.4 Å². The van der Waals surface area contributed by atoms with E-state index in [1.54, 1.807) is 0 Å². The fourth-order valence-corrected chi connectivity index (χ4v) is 5.28. The fraction of sp³-hybridized carbons (Fsp3) is 0.308. The van der Waals surface area contributed by atoms with Crippen molar-refractivity contribution in [2.75, 3.05) is 29.7 Å². The molecule has 0 bridgehead atoms. The lowest BCUT2D eigenvalue weighted by atomic mass is 9.82. The molecule has 2 aliphatic rings. The van der Waals surface area contributed by atoms with Gasteiger partial charge in [0, 0.05) is 42.3 Å². The number of likely N-dealkylation sites (tertiary alicyclic amines) is 1. The minimum absolute atomic E-state index is 0.0462. The van der Waals surface area contributed by atoms with Gasteiger partial charge in [-0.25, -0.2) is 0 Å². The number of alkyl halides is 1. The third kappa shape index (κ3) is 4.47. The molecule has 6 nitrogen and oxygen atoms in total. The van der Waals surface area contributed by atoms with Crippen LogP contribution in [0.2, 0.25) is 0 Å². The van der Waals surface area contributed by atoms with Crippen LogP contribution in [-0.4, -0.2) is 46.0 Å². The third-order valence-electron chi connectivity index (χ3n) is 6.71. The SMILES string of the molecule is O=C(CCl)Nc1cccc(-c2ccc3c(c2)[C@H]2[C@H](CCN2Cc2ccncc2)[C@@H](CO)N3)c1. The summed E-state index contributed by atoms with van der Waals surface area (Å²) in [4.78, 5) is 18.4. The topological polar surface area (TPSA) is 77.5 Å². The summed E-state index contributed by atoms with van der Waals surface area (Å²) < 4.78 is 0. The highest BCUT2D eigenvalue weighted by Gasteiger charge is 2.43. The van der Waals surface area contributed by atoms with Crippen molar-refractivity contribution < 1.29 is 9.90 Å². The Kier molecular flexibility index (Phi) is 6.31. The maximum Gasteiger partial charge on any atom is 0.239 e. The Morgan fingerprint density at radius 1 is 1.15 bits per heavy atom. The molecular formula is C26H27ClN4O2. The Balaban J connectivity index is 1.49. The van der Waals surface area contributed by atoms with Gasteiger partial charge >= 0.3 is 0 Å². The van der Waals surface area contributed by atoms with Gasteiger partial charge in [0.15, 0.2) is 0 Å². The second-order valence-electron chi connectivity index (χ2n) is 8.72. The number of hydrogen-bond donors (Lipinski definition) is 3. The first-order chi connectivity index (χ1) is 16.2. The lowest BCUT2D eigenvalue weighted by Crippen LogP contribution is -2.41. The molecule has 3 atom stereocenters. The molecule has 1 fully saturated rings. The number of carbonyl (C=O) groups is 1. The molecule has 7 heteroatoms. The average Bonchev–Trinajstić information content (AvgIpc) is 3.28. The number of benzene rings is 2. The van der Waals surface area contributed by atoms with Crippen molar-refractivity contribution in [1.29, 1.82) is 0 Å². The Morgan fingerprint density at radius 3 is 2.76 bits per heavy atom. The van der Waals surface area contributed by atoms with Gasteiger partial charge < -0.3 is 15.7 Å². The zero-order valence-corrected chi connectivity index (χ0v) is 19.0. The molecule has 0 aliphatic carbocycles. The zero-order valence-electron chi connectivity index (χ0n) is 18.2. The van der Waals surface area contributed by atoms with E-state index in [-0.39, 0.29) is 30.5 Å². The number of aromatic nitrogens is 1. The Bertz CT molecular complexity index is 1140. The van der Waals surface area contributed by atoms with Gasteiger partial charge in [0.2, 0.25) is 5.91 Å². The summed E-state index contributed by atoms with van der Waals surface area (Å²) in [7, 11) is 0. The van der Waals surface area contributed by atoms with Crippen LogP contribution in [0.1, 0.15) is 23.6 Å². The predicted molar refractivity (Wildman–Crippen MR) is 131 cm³/mol. The van der Waals surface area contributed by atoms with Crippen LogP contribution in [0.5, 0.6) is 0 Å². The van der Waals surface area contributed by atoms with E-state index in [9.17, 15) is 9.90 Å². The summed E-state index contributed by atoms with van der Waals surface area (Å²) in [5.74, 6) is 0.0462. The van der Waals surface area contributed by atoms with Gasteiger partial charge in [-0.3, -0.25) is 14.7 Å². The lowest BCUT2D eigenvalue weighted by Gasteiger charge is -2.39. The molecule has 5 rings (SSSR count). The van der Waals surface area contributed by atoms with E-state index < -0.39 is 0 Å². The quantitative estimate of drug-likeness (QED) is 0.477. The summed E-state index contributed by atoms with van der Waals surface area (Å²) in [6.45, 7) is 1.96. The molecular weight excluding hydrogens is 436 g/mol. The van der Waals surface area contributed by atoms with Crippen LogP contribution in [0.25, 0.3) is 11.1 Å². The second kappa shape index (κ2) is 9.51. The van der Waals surface area contributed by atoms with Gasteiger partial charge in [0.1, 0.15) is 5.88 Å². The molecule has 0 saturated carbocycles. The van der Waals surface area contributed by atoms with Gasteiger partial charge in [-0.15, -0.1) is 11.6 Å². The number of nitrogens with one attached hydrogen (secondary N) is 2. The molecule has 33 heavy (non-hydrogen) atoms. The summed E-state index contributed by atoms with van der Waals surface area (Å²) in [6.07, 6.45) is 4.71. The van der Waals surface area contributed by atoms with E-state index in [0.29, 0.717) is 5.92 Å². The highest BCUT2D eigenvalue weighted by Crippen LogP contribution is 2.47. The first-order valence-corrected chi connectivity index (χ1v) is 11.8. The van der Waals surface area contributed by atoms with Gasteiger partial charge in [0.05, 0.1) is 12.6 Å². The van der Waals surface area contributed by atoms with Crippen LogP contribution in [0, 0.1) is 5.92 Å². The molecule has 1 amide bonds. The Labute approximate surface area is 198 Å². The number of anilines is 2. The second-order valence-corrected chi connectivity index (χ2v) is 8.99. The van der Waals surface area contributed by atoms with Crippen molar-refractivity contribution >= 4 is 28.9 Å². The minimum Gasteiger partial charge on any atom is -0.394 e. The highest BCUT2D eigenvalue weighted by molar-refractivity contribution is 6.29. The number of carbonyl (C=O) groups excluding carboxylic acids is 1. The number of hydrogen-bond acceptors (Lipinski definition) is 5. The largest absolute Gasteiger partial charge is 0.394 e. The maximum absolute atomic E-state index is 11.7. The van der Waals surface area contributed by atoms with Gasteiger partial charge in [-0.1, -0.05) is 18.2 Å². The summed E-state index contributed by atoms with van der Waals surface area (Å²) >= 11 is 5.64. The number of pyridine rings is 1. The number of aliphatic hydroxyl groups is 1. The summed E-state index contributed by atoms with van der Waals surface area (Å²) in [5.41, 5.74) is 6.42. The Morgan fingerprint density at radius 2 is 1.97 bits per heavy atom. The first-order valence-electron chi connectivity index (χ1n) is 11.3. The van der Waals surface area contributed by atoms with Gasteiger partial charge in [-0.05, 0) is 71.6 Å². The van der Waals surface area contributed by atoms with E-state index in [0.717, 1.165) is 42.0 Å². The fourth-order valence-electron chi connectivity index (χ4n) is 5.21. The number of nitrogens with zero attached hydrogens (tertiary/aromatic N) is 2. The molecule has 1 saturated heterocycles. The molecule has 2 aromatic carbocycles. The van der Waals surface area contributed by atoms with Crippen LogP contribution < -0.4 is 10.6 Å². The van der Waals surface area contributed by atoms with Crippen LogP contribution in [-0.2, 0) is 11.3 Å². The van der Waals surface area contributed by atoms with Crippen molar-refractivity contribution in [3.05, 3.63) is 78.1 Å². The monoisotopic (exact) mass is 462 g/mol. The van der Waals surface area contributed by atoms with Gasteiger partial charge in [0.25, 0.3) is 0 Å². The third-order valence-corrected chi connectivity index (χ3v) is 6.95. The highest BCUT2D eigenvalue weighted by atomic mass is 35.5. The molecule has 3 heterocycles. The molecule has 170 valence electrons. The van der Waals surface area contributed by atoms with E-state index in [1.165, 1.54) is 11.1 Å². The molecule has 0 spiro atoms. The maximum atomic E-state index is 11.7. The Hall–Kier alpha value is -2.93. The van der Waals surface area contributed by atoms with E-state index in [1.807, 2.05) is 36.7 Å². The lowest BCUT2D eigenvalue weighted by molar-refractivity contribution is -0.113. The minimum atomic E-state index is -0.223. The van der Waals surface area contributed by atoms with E-state index in [4.69, 9.17) is 11.6 Å². The van der Waals surface area contributed by atoms with Crippen molar-refractivity contribution in [3.8, 4) is 11.1 Å². The van der Waals surface area contributed by atoms with Crippen molar-refractivity contribution in [3.63, 3.8) is 0 Å². The van der Waals surface area contributed by atoms with E-state index >= 15 is 0 Å². The number of amides is 1. The number of rotatable bonds is 6. The van der Waals surface area contributed by atoms with E-state index in [2.05, 4.69) is 50.8 Å². The van der Waals surface area contributed by atoms with Gasteiger partial charge in [-0.2, -0.15) is 0 Å². The normalized spacial score (nSPS) is 21.7.